The molecule has 2 aromatic carbocycles. The first-order valence-electron chi connectivity index (χ1n) is 10.5. The highest BCUT2D eigenvalue weighted by atomic mass is 16.5. The number of hydrogen-bond donors (Lipinski definition) is 1. The lowest BCUT2D eigenvalue weighted by atomic mass is 9.91. The molecule has 162 valence electrons. The maximum Gasteiger partial charge on any atom is 0.320 e. The molecule has 1 N–H and O–H groups in total. The van der Waals surface area contributed by atoms with Gasteiger partial charge in [0.05, 0.1) is 19.8 Å². The van der Waals surface area contributed by atoms with Gasteiger partial charge in [-0.15, -0.1) is 0 Å². The van der Waals surface area contributed by atoms with Crippen LogP contribution in [0.3, 0.4) is 0 Å². The van der Waals surface area contributed by atoms with Gasteiger partial charge in [-0.1, -0.05) is 24.6 Å². The van der Waals surface area contributed by atoms with E-state index in [1.54, 1.807) is 7.11 Å². The van der Waals surface area contributed by atoms with E-state index in [4.69, 9.17) is 9.47 Å². The van der Waals surface area contributed by atoms with Crippen LogP contribution >= 0.6 is 0 Å². The van der Waals surface area contributed by atoms with Gasteiger partial charge in [0, 0.05) is 19.8 Å². The largest absolute Gasteiger partial charge is 0.493 e. The predicted molar refractivity (Wildman–Crippen MR) is 119 cm³/mol. The van der Waals surface area contributed by atoms with E-state index < -0.39 is 12.0 Å². The molecule has 1 aliphatic heterocycles. The number of nitrogens with zero attached hydrogens (tertiary/aromatic N) is 2. The van der Waals surface area contributed by atoms with Crippen LogP contribution < -0.4 is 14.4 Å². The normalized spacial score (nSPS) is 17.9. The van der Waals surface area contributed by atoms with Crippen LogP contribution in [0.2, 0.25) is 0 Å². The Hall–Kier alpha value is -2.73. The highest BCUT2D eigenvalue weighted by Crippen LogP contribution is 2.38. The van der Waals surface area contributed by atoms with E-state index in [-0.39, 0.29) is 6.04 Å². The molecule has 0 aromatic heterocycles. The Morgan fingerprint density at radius 1 is 1.13 bits per heavy atom. The van der Waals surface area contributed by atoms with E-state index in [1.165, 1.54) is 0 Å². The van der Waals surface area contributed by atoms with Gasteiger partial charge in [0.2, 0.25) is 0 Å². The smallest absolute Gasteiger partial charge is 0.320 e. The zero-order valence-electron chi connectivity index (χ0n) is 18.3. The van der Waals surface area contributed by atoms with Crippen molar-refractivity contribution in [3.63, 3.8) is 0 Å². The number of ether oxygens (including phenoxy) is 2. The topological polar surface area (TPSA) is 62.2 Å². The number of likely N-dealkylation sites (tertiary alicyclic amines) is 1. The summed E-state index contributed by atoms with van der Waals surface area (Å²) in [5.41, 5.74) is 3.18. The van der Waals surface area contributed by atoms with E-state index in [0.717, 1.165) is 36.2 Å². The lowest BCUT2D eigenvalue weighted by Crippen LogP contribution is -2.46. The van der Waals surface area contributed by atoms with Crippen LogP contribution in [0.1, 0.15) is 43.4 Å². The maximum absolute atomic E-state index is 12.1. The first-order chi connectivity index (χ1) is 14.5. The maximum atomic E-state index is 12.1. The third-order valence-electron chi connectivity index (χ3n) is 5.69. The molecule has 0 radical (unpaired) electrons. The number of aliphatic carboxylic acids is 1. The standard InChI is InChI=1S/C24H32N2O4/c1-5-30-22-16-18(11-14-21(22)29-4)23(17-9-12-19(13-10-17)25(2)3)26-15-7-6-8-20(26)24(27)28/h9-14,16,20,23H,5-8,15H2,1-4H3,(H,27,28). The fourth-order valence-corrected chi connectivity index (χ4v) is 4.19. The molecule has 0 bridgehead atoms. The Kier molecular flexibility index (Phi) is 7.21. The predicted octanol–water partition coefficient (Wildman–Crippen LogP) is 4.19. The first kappa shape index (κ1) is 22.0. The Labute approximate surface area is 179 Å². The van der Waals surface area contributed by atoms with Crippen LogP contribution in [-0.2, 0) is 4.79 Å². The Morgan fingerprint density at radius 2 is 1.83 bits per heavy atom. The third kappa shape index (κ3) is 4.70. The van der Waals surface area contributed by atoms with Crippen LogP contribution in [0.25, 0.3) is 0 Å². The van der Waals surface area contributed by atoms with Crippen molar-refractivity contribution in [2.75, 3.05) is 39.3 Å². The molecule has 0 amide bonds. The van der Waals surface area contributed by atoms with Crippen molar-refractivity contribution in [1.82, 2.24) is 4.90 Å². The molecule has 6 heteroatoms. The zero-order chi connectivity index (χ0) is 21.7. The van der Waals surface area contributed by atoms with Crippen molar-refractivity contribution < 1.29 is 19.4 Å². The van der Waals surface area contributed by atoms with Gasteiger partial charge in [0.15, 0.2) is 11.5 Å². The molecule has 30 heavy (non-hydrogen) atoms. The minimum Gasteiger partial charge on any atom is -0.493 e. The summed E-state index contributed by atoms with van der Waals surface area (Å²) in [6.07, 6.45) is 2.59. The first-order valence-corrected chi connectivity index (χ1v) is 10.5. The van der Waals surface area contributed by atoms with Crippen molar-refractivity contribution in [3.05, 3.63) is 53.6 Å². The lowest BCUT2D eigenvalue weighted by molar-refractivity contribution is -0.145. The van der Waals surface area contributed by atoms with E-state index in [2.05, 4.69) is 34.1 Å². The van der Waals surface area contributed by atoms with Crippen molar-refractivity contribution in [3.8, 4) is 11.5 Å². The number of rotatable bonds is 8. The number of carbonyl (C=O) groups is 1. The van der Waals surface area contributed by atoms with Gasteiger partial charge in [-0.3, -0.25) is 9.69 Å². The fourth-order valence-electron chi connectivity index (χ4n) is 4.19. The molecule has 2 aromatic rings. The van der Waals surface area contributed by atoms with Gasteiger partial charge in [0.25, 0.3) is 0 Å². The summed E-state index contributed by atoms with van der Waals surface area (Å²) >= 11 is 0. The summed E-state index contributed by atoms with van der Waals surface area (Å²) in [5, 5.41) is 9.90. The lowest BCUT2D eigenvalue weighted by Gasteiger charge is -2.40. The Bertz CT molecular complexity index is 851. The second-order valence-corrected chi connectivity index (χ2v) is 7.82. The molecule has 1 aliphatic rings. The molecule has 2 atom stereocenters. The average molecular weight is 413 g/mol. The summed E-state index contributed by atoms with van der Waals surface area (Å²) in [6, 6.07) is 13.6. The summed E-state index contributed by atoms with van der Waals surface area (Å²) < 4.78 is 11.2. The molecule has 0 spiro atoms. The highest BCUT2D eigenvalue weighted by Gasteiger charge is 2.35. The molecule has 2 unspecified atom stereocenters. The molecule has 1 fully saturated rings. The molecule has 3 rings (SSSR count). The third-order valence-corrected chi connectivity index (χ3v) is 5.69. The molecule has 0 saturated carbocycles. The number of hydrogen-bond acceptors (Lipinski definition) is 5. The van der Waals surface area contributed by atoms with Gasteiger partial charge in [-0.25, -0.2) is 0 Å². The van der Waals surface area contributed by atoms with E-state index in [9.17, 15) is 9.90 Å². The van der Waals surface area contributed by atoms with Gasteiger partial charge < -0.3 is 19.5 Å². The second kappa shape index (κ2) is 9.85. The zero-order valence-corrected chi connectivity index (χ0v) is 18.3. The van der Waals surface area contributed by atoms with Gasteiger partial charge in [0.1, 0.15) is 6.04 Å². The van der Waals surface area contributed by atoms with Crippen LogP contribution in [0.15, 0.2) is 42.5 Å². The summed E-state index contributed by atoms with van der Waals surface area (Å²) in [4.78, 5) is 16.2. The minimum atomic E-state index is -0.761. The number of piperidine rings is 1. The second-order valence-electron chi connectivity index (χ2n) is 7.82. The minimum absolute atomic E-state index is 0.173. The molecule has 0 aliphatic carbocycles. The number of carboxylic acids is 1. The monoisotopic (exact) mass is 412 g/mol. The molecule has 1 heterocycles. The highest BCUT2D eigenvalue weighted by molar-refractivity contribution is 5.73. The van der Waals surface area contributed by atoms with Gasteiger partial charge >= 0.3 is 5.97 Å². The number of anilines is 1. The average Bonchev–Trinajstić information content (AvgIpc) is 2.75. The van der Waals surface area contributed by atoms with Crippen molar-refractivity contribution >= 4 is 11.7 Å². The number of carboxylic acid groups (broad SMARTS) is 1. The van der Waals surface area contributed by atoms with Crippen LogP contribution in [0.5, 0.6) is 11.5 Å². The molecule has 1 saturated heterocycles. The number of benzene rings is 2. The molecule has 6 nitrogen and oxygen atoms in total. The summed E-state index contributed by atoms with van der Waals surface area (Å²) in [5.74, 6) is 0.593. The fraction of sp³-hybridized carbons (Fsp3) is 0.458. The van der Waals surface area contributed by atoms with Crippen LogP contribution in [0.4, 0.5) is 5.69 Å². The summed E-state index contributed by atoms with van der Waals surface area (Å²) in [6.45, 7) is 3.21. The van der Waals surface area contributed by atoms with Gasteiger partial charge in [-0.05, 0) is 61.7 Å². The Morgan fingerprint density at radius 3 is 2.43 bits per heavy atom. The SMILES string of the molecule is CCOc1cc(C(c2ccc(N(C)C)cc2)N2CCCCC2C(=O)O)ccc1OC. The van der Waals surface area contributed by atoms with E-state index in [1.807, 2.05) is 39.2 Å². The van der Waals surface area contributed by atoms with E-state index >= 15 is 0 Å². The van der Waals surface area contributed by atoms with Gasteiger partial charge in [-0.2, -0.15) is 0 Å². The molecular weight excluding hydrogens is 380 g/mol. The van der Waals surface area contributed by atoms with E-state index in [0.29, 0.717) is 24.5 Å². The van der Waals surface area contributed by atoms with Crippen molar-refractivity contribution in [1.29, 1.82) is 0 Å². The number of methoxy groups -OCH3 is 1. The summed E-state index contributed by atoms with van der Waals surface area (Å²) in [7, 11) is 5.64. The van der Waals surface area contributed by atoms with Crippen molar-refractivity contribution in [2.24, 2.45) is 0 Å². The quantitative estimate of drug-likeness (QED) is 0.702. The molecular formula is C24H32N2O4. The Balaban J connectivity index is 2.09. The van der Waals surface area contributed by atoms with Crippen LogP contribution in [0, 0.1) is 0 Å². The van der Waals surface area contributed by atoms with Crippen LogP contribution in [-0.4, -0.2) is 56.4 Å². The van der Waals surface area contributed by atoms with Crippen molar-refractivity contribution in [2.45, 2.75) is 38.3 Å².